The van der Waals surface area contributed by atoms with Gasteiger partial charge in [0.2, 0.25) is 0 Å². The summed E-state index contributed by atoms with van der Waals surface area (Å²) >= 11 is 1.64. The Labute approximate surface area is 158 Å². The van der Waals surface area contributed by atoms with Crippen LogP contribution >= 0.6 is 11.3 Å². The smallest absolute Gasteiger partial charge is 0.317 e. The van der Waals surface area contributed by atoms with Gasteiger partial charge < -0.3 is 19.7 Å². The standard InChI is InChI=1S/C19H25N3O3S/c1-5-15-18(26-13(3)21-15)11-20-19(23)22(4)12(2)14-6-7-16-17(10-14)25-9-8-24-16/h6-7,10,12H,5,8-9,11H2,1-4H3,(H,20,23). The summed E-state index contributed by atoms with van der Waals surface area (Å²) in [4.78, 5) is 19.9. The minimum atomic E-state index is -0.111. The summed E-state index contributed by atoms with van der Waals surface area (Å²) in [5.41, 5.74) is 2.07. The zero-order valence-electron chi connectivity index (χ0n) is 15.7. The fraction of sp³-hybridized carbons (Fsp3) is 0.474. The van der Waals surface area contributed by atoms with Gasteiger partial charge in [-0.15, -0.1) is 11.3 Å². The number of hydrogen-bond donors (Lipinski definition) is 1. The van der Waals surface area contributed by atoms with Crippen molar-refractivity contribution in [2.75, 3.05) is 20.3 Å². The zero-order valence-corrected chi connectivity index (χ0v) is 16.5. The summed E-state index contributed by atoms with van der Waals surface area (Å²) in [6, 6.07) is 5.63. The molecule has 1 aliphatic rings. The van der Waals surface area contributed by atoms with E-state index < -0.39 is 0 Å². The van der Waals surface area contributed by atoms with Gasteiger partial charge in [-0.2, -0.15) is 0 Å². The maximum Gasteiger partial charge on any atom is 0.317 e. The Bertz CT molecular complexity index is 790. The quantitative estimate of drug-likeness (QED) is 0.866. The molecule has 2 aromatic rings. The molecule has 0 bridgehead atoms. The Balaban J connectivity index is 1.64. The number of aromatic nitrogens is 1. The highest BCUT2D eigenvalue weighted by molar-refractivity contribution is 7.11. The Morgan fingerprint density at radius 2 is 2.08 bits per heavy atom. The molecule has 0 fully saturated rings. The molecular weight excluding hydrogens is 350 g/mol. The molecule has 1 aliphatic heterocycles. The molecule has 3 rings (SSSR count). The maximum atomic E-state index is 12.6. The number of carbonyl (C=O) groups is 1. The zero-order chi connectivity index (χ0) is 18.7. The molecular formula is C19H25N3O3S. The van der Waals surface area contributed by atoms with E-state index in [1.54, 1.807) is 23.3 Å². The summed E-state index contributed by atoms with van der Waals surface area (Å²) in [6.45, 7) is 7.70. The third-order valence-electron chi connectivity index (χ3n) is 4.57. The van der Waals surface area contributed by atoms with Gasteiger partial charge in [0.05, 0.1) is 23.3 Å². The second-order valence-corrected chi connectivity index (χ2v) is 7.59. The van der Waals surface area contributed by atoms with Crippen LogP contribution < -0.4 is 14.8 Å². The summed E-state index contributed by atoms with van der Waals surface area (Å²) in [7, 11) is 1.80. The molecule has 1 atom stereocenters. The third kappa shape index (κ3) is 3.93. The number of nitrogens with zero attached hydrogens (tertiary/aromatic N) is 2. The van der Waals surface area contributed by atoms with Gasteiger partial charge in [0.25, 0.3) is 0 Å². The molecule has 140 valence electrons. The fourth-order valence-corrected chi connectivity index (χ4v) is 3.89. The molecule has 0 aliphatic carbocycles. The van der Waals surface area contributed by atoms with Gasteiger partial charge >= 0.3 is 6.03 Å². The molecule has 0 spiro atoms. The van der Waals surface area contributed by atoms with E-state index in [9.17, 15) is 4.79 Å². The maximum absolute atomic E-state index is 12.6. The Kier molecular flexibility index (Phi) is 5.66. The van der Waals surface area contributed by atoms with Crippen LogP contribution in [-0.4, -0.2) is 36.2 Å². The molecule has 7 heteroatoms. The van der Waals surface area contributed by atoms with Crippen molar-refractivity contribution < 1.29 is 14.3 Å². The number of amides is 2. The number of fused-ring (bicyclic) bond motifs is 1. The van der Waals surface area contributed by atoms with Crippen LogP contribution in [0.25, 0.3) is 0 Å². The second-order valence-electron chi connectivity index (χ2n) is 6.30. The van der Waals surface area contributed by atoms with Crippen molar-refractivity contribution in [2.45, 2.75) is 39.8 Å². The molecule has 0 saturated carbocycles. The highest BCUT2D eigenvalue weighted by Gasteiger charge is 2.20. The van der Waals surface area contributed by atoms with Crippen LogP contribution in [0.1, 0.15) is 41.0 Å². The largest absolute Gasteiger partial charge is 0.486 e. The number of nitrogens with one attached hydrogen (secondary N) is 1. The number of ether oxygens (including phenoxy) is 2. The predicted molar refractivity (Wildman–Crippen MR) is 102 cm³/mol. The van der Waals surface area contributed by atoms with Gasteiger partial charge in [0.15, 0.2) is 11.5 Å². The topological polar surface area (TPSA) is 63.7 Å². The first-order valence-corrected chi connectivity index (χ1v) is 9.66. The molecule has 2 amide bonds. The molecule has 6 nitrogen and oxygen atoms in total. The molecule has 1 aromatic heterocycles. The van der Waals surface area contributed by atoms with Crippen molar-refractivity contribution in [1.29, 1.82) is 0 Å². The van der Waals surface area contributed by atoms with Crippen LogP contribution in [-0.2, 0) is 13.0 Å². The monoisotopic (exact) mass is 375 g/mol. The van der Waals surface area contributed by atoms with E-state index in [0.29, 0.717) is 19.8 Å². The van der Waals surface area contributed by atoms with Crippen molar-refractivity contribution in [3.05, 3.63) is 39.3 Å². The van der Waals surface area contributed by atoms with Crippen molar-refractivity contribution in [2.24, 2.45) is 0 Å². The molecule has 26 heavy (non-hydrogen) atoms. The normalized spacial score (nSPS) is 14.0. The lowest BCUT2D eigenvalue weighted by atomic mass is 10.1. The van der Waals surface area contributed by atoms with Crippen molar-refractivity contribution in [1.82, 2.24) is 15.2 Å². The minimum Gasteiger partial charge on any atom is -0.486 e. The highest BCUT2D eigenvalue weighted by Crippen LogP contribution is 2.33. The van der Waals surface area contributed by atoms with Crippen LogP contribution in [0.5, 0.6) is 11.5 Å². The van der Waals surface area contributed by atoms with Crippen LogP contribution in [0.3, 0.4) is 0 Å². The van der Waals surface area contributed by atoms with Gasteiger partial charge in [0.1, 0.15) is 13.2 Å². The first-order chi connectivity index (χ1) is 12.5. The average Bonchev–Trinajstić information content (AvgIpc) is 3.04. The first-order valence-electron chi connectivity index (χ1n) is 8.85. The van der Waals surface area contributed by atoms with Crippen LogP contribution in [0.15, 0.2) is 18.2 Å². The molecule has 1 aromatic carbocycles. The Morgan fingerprint density at radius 3 is 2.81 bits per heavy atom. The van der Waals surface area contributed by atoms with Crippen LogP contribution in [0.2, 0.25) is 0 Å². The number of aryl methyl sites for hydroxylation is 2. The lowest BCUT2D eigenvalue weighted by Gasteiger charge is -2.27. The molecule has 1 N–H and O–H groups in total. The highest BCUT2D eigenvalue weighted by atomic mass is 32.1. The first kappa shape index (κ1) is 18.5. The number of thiazole rings is 1. The van der Waals surface area contributed by atoms with Crippen molar-refractivity contribution >= 4 is 17.4 Å². The summed E-state index contributed by atoms with van der Waals surface area (Å²) < 4.78 is 11.2. The van der Waals surface area contributed by atoms with E-state index in [1.165, 1.54) is 0 Å². The number of benzene rings is 1. The van der Waals surface area contributed by atoms with Crippen molar-refractivity contribution in [3.63, 3.8) is 0 Å². The molecule has 1 unspecified atom stereocenters. The third-order valence-corrected chi connectivity index (χ3v) is 5.58. The van der Waals surface area contributed by atoms with E-state index in [4.69, 9.17) is 9.47 Å². The van der Waals surface area contributed by atoms with Gasteiger partial charge in [-0.3, -0.25) is 0 Å². The van der Waals surface area contributed by atoms with Crippen LogP contribution in [0.4, 0.5) is 4.79 Å². The van der Waals surface area contributed by atoms with Crippen molar-refractivity contribution in [3.8, 4) is 11.5 Å². The number of carbonyl (C=O) groups excluding carboxylic acids is 1. The Hall–Kier alpha value is -2.28. The number of urea groups is 1. The van der Waals surface area contributed by atoms with Crippen LogP contribution in [0, 0.1) is 6.92 Å². The van der Waals surface area contributed by atoms with Gasteiger partial charge in [-0.1, -0.05) is 13.0 Å². The predicted octanol–water partition coefficient (Wildman–Crippen LogP) is 3.69. The molecule has 2 heterocycles. The lowest BCUT2D eigenvalue weighted by molar-refractivity contribution is 0.170. The summed E-state index contributed by atoms with van der Waals surface area (Å²) in [5.74, 6) is 1.49. The summed E-state index contributed by atoms with van der Waals surface area (Å²) in [6.07, 6.45) is 0.874. The minimum absolute atomic E-state index is 0.0836. The second kappa shape index (κ2) is 7.95. The van der Waals surface area contributed by atoms with E-state index in [2.05, 4.69) is 17.2 Å². The average molecular weight is 375 g/mol. The van der Waals surface area contributed by atoms with E-state index >= 15 is 0 Å². The number of hydrogen-bond acceptors (Lipinski definition) is 5. The molecule has 0 radical (unpaired) electrons. The van der Waals surface area contributed by atoms with Gasteiger partial charge in [0, 0.05) is 11.9 Å². The fourth-order valence-electron chi connectivity index (χ4n) is 2.93. The van der Waals surface area contributed by atoms with Gasteiger partial charge in [-0.05, 0) is 38.0 Å². The van der Waals surface area contributed by atoms with E-state index in [0.717, 1.165) is 39.1 Å². The lowest BCUT2D eigenvalue weighted by Crippen LogP contribution is -2.38. The SMILES string of the molecule is CCc1nc(C)sc1CNC(=O)N(C)C(C)c1ccc2c(c1)OCCO2. The number of rotatable bonds is 5. The molecule has 0 saturated heterocycles. The Morgan fingerprint density at radius 1 is 1.35 bits per heavy atom. The van der Waals surface area contributed by atoms with E-state index in [1.807, 2.05) is 32.0 Å². The van der Waals surface area contributed by atoms with Gasteiger partial charge in [-0.25, -0.2) is 9.78 Å². The summed E-state index contributed by atoms with van der Waals surface area (Å²) in [5, 5.41) is 4.03. The van der Waals surface area contributed by atoms with E-state index in [-0.39, 0.29) is 12.1 Å².